The van der Waals surface area contributed by atoms with Crippen molar-refractivity contribution in [2.45, 2.75) is 39.7 Å². The average molecular weight is 240 g/mol. The zero-order valence-corrected chi connectivity index (χ0v) is 10.8. The van der Waals surface area contributed by atoms with E-state index in [9.17, 15) is 4.79 Å². The Bertz CT molecular complexity index is 418. The Morgan fingerprint density at radius 3 is 2.69 bits per heavy atom. The molecule has 0 saturated heterocycles. The lowest BCUT2D eigenvalue weighted by Crippen LogP contribution is -2.11. The van der Waals surface area contributed by atoms with Gasteiger partial charge >= 0.3 is 0 Å². The van der Waals surface area contributed by atoms with Gasteiger partial charge in [-0.2, -0.15) is 0 Å². The Kier molecular flexibility index (Phi) is 3.11. The summed E-state index contributed by atoms with van der Waals surface area (Å²) in [6.07, 6.45) is 2.63. The molecule has 1 aliphatic rings. The lowest BCUT2D eigenvalue weighted by atomic mass is 10.1. The second kappa shape index (κ2) is 4.25. The van der Waals surface area contributed by atoms with E-state index in [1.54, 1.807) is 0 Å². The third-order valence-corrected chi connectivity index (χ3v) is 3.86. The predicted octanol–water partition coefficient (Wildman–Crippen LogP) is 3.50. The van der Waals surface area contributed by atoms with E-state index in [1.807, 2.05) is 13.0 Å². The Balaban J connectivity index is 2.37. The van der Waals surface area contributed by atoms with Crippen LogP contribution in [0.15, 0.2) is 6.07 Å². The largest absolute Gasteiger partial charge is 0.345 e. The molecule has 1 atom stereocenters. The minimum Gasteiger partial charge on any atom is -0.345 e. The van der Waals surface area contributed by atoms with E-state index in [0.29, 0.717) is 6.04 Å². The topological polar surface area (TPSA) is 22.0 Å². The van der Waals surface area contributed by atoms with Gasteiger partial charge in [0.1, 0.15) is 0 Å². The highest BCUT2D eigenvalue weighted by Gasteiger charge is 2.31. The Hall–Kier alpha value is -0.760. The number of nitrogens with zero attached hydrogens (tertiary/aromatic N) is 1. The SMILES string of the molecule is Cc1cc(C(=O)CCl)c(C)n1C(C)C1CC1. The first-order valence-electron chi connectivity index (χ1n) is 5.83. The standard InChI is InChI=1S/C13H18ClNO/c1-8-6-12(13(16)7-14)10(3)15(8)9(2)11-4-5-11/h6,9,11H,4-5,7H2,1-3H3. The molecule has 0 bridgehead atoms. The van der Waals surface area contributed by atoms with Crippen molar-refractivity contribution in [1.29, 1.82) is 0 Å². The molecule has 1 unspecified atom stereocenters. The molecular formula is C13H18ClNO. The number of Topliss-reactive ketones (excluding diaryl/α,β-unsaturated/α-hetero) is 1. The lowest BCUT2D eigenvalue weighted by Gasteiger charge is -2.18. The number of carbonyl (C=O) groups excluding carboxylic acids is 1. The van der Waals surface area contributed by atoms with E-state index >= 15 is 0 Å². The van der Waals surface area contributed by atoms with Gasteiger partial charge in [-0.25, -0.2) is 0 Å². The monoisotopic (exact) mass is 239 g/mol. The average Bonchev–Trinajstić information content (AvgIpc) is 3.04. The van der Waals surface area contributed by atoms with E-state index in [0.717, 1.165) is 17.2 Å². The van der Waals surface area contributed by atoms with Gasteiger partial charge in [-0.3, -0.25) is 4.79 Å². The number of hydrogen-bond donors (Lipinski definition) is 0. The zero-order valence-electron chi connectivity index (χ0n) is 10.1. The summed E-state index contributed by atoms with van der Waals surface area (Å²) < 4.78 is 2.29. The molecule has 1 saturated carbocycles. The number of ketones is 1. The van der Waals surface area contributed by atoms with Crippen LogP contribution in [0.25, 0.3) is 0 Å². The van der Waals surface area contributed by atoms with Gasteiger partial charge in [0.25, 0.3) is 0 Å². The highest BCUT2D eigenvalue weighted by molar-refractivity contribution is 6.30. The Morgan fingerprint density at radius 1 is 1.56 bits per heavy atom. The van der Waals surface area contributed by atoms with Crippen molar-refractivity contribution in [2.24, 2.45) is 5.92 Å². The predicted molar refractivity (Wildman–Crippen MR) is 66.4 cm³/mol. The van der Waals surface area contributed by atoms with Crippen molar-refractivity contribution in [1.82, 2.24) is 4.57 Å². The van der Waals surface area contributed by atoms with Gasteiger partial charge < -0.3 is 4.57 Å². The van der Waals surface area contributed by atoms with Crippen LogP contribution < -0.4 is 0 Å². The summed E-state index contributed by atoms with van der Waals surface area (Å²) in [5.74, 6) is 0.898. The van der Waals surface area contributed by atoms with Gasteiger partial charge in [0.05, 0.1) is 5.88 Å². The molecular weight excluding hydrogens is 222 g/mol. The minimum atomic E-state index is 0.0315. The van der Waals surface area contributed by atoms with Gasteiger partial charge in [-0.15, -0.1) is 11.6 Å². The van der Waals surface area contributed by atoms with Gasteiger partial charge in [0, 0.05) is 23.0 Å². The van der Waals surface area contributed by atoms with Gasteiger partial charge in [-0.05, 0) is 45.6 Å². The van der Waals surface area contributed by atoms with Gasteiger partial charge in [0.2, 0.25) is 0 Å². The van der Waals surface area contributed by atoms with Crippen LogP contribution >= 0.6 is 11.6 Å². The molecule has 2 rings (SSSR count). The van der Waals surface area contributed by atoms with Gasteiger partial charge in [-0.1, -0.05) is 0 Å². The zero-order chi connectivity index (χ0) is 11.9. The second-order valence-corrected chi connectivity index (χ2v) is 5.06. The van der Waals surface area contributed by atoms with E-state index in [2.05, 4.69) is 18.4 Å². The molecule has 1 aromatic heterocycles. The molecule has 0 aliphatic heterocycles. The van der Waals surface area contributed by atoms with Crippen molar-refractivity contribution in [3.05, 3.63) is 23.0 Å². The maximum atomic E-state index is 11.7. The van der Waals surface area contributed by atoms with Crippen LogP contribution in [0.3, 0.4) is 0 Å². The molecule has 0 amide bonds. The number of rotatable bonds is 4. The molecule has 2 nitrogen and oxygen atoms in total. The molecule has 1 heterocycles. The number of alkyl halides is 1. The molecule has 16 heavy (non-hydrogen) atoms. The maximum absolute atomic E-state index is 11.7. The van der Waals surface area contributed by atoms with Crippen LogP contribution in [-0.2, 0) is 0 Å². The van der Waals surface area contributed by atoms with Crippen LogP contribution in [0.1, 0.15) is 47.6 Å². The molecule has 88 valence electrons. The summed E-state index contributed by atoms with van der Waals surface area (Å²) >= 11 is 5.62. The molecule has 0 N–H and O–H groups in total. The van der Waals surface area contributed by atoms with E-state index < -0.39 is 0 Å². The quantitative estimate of drug-likeness (QED) is 0.582. The van der Waals surface area contributed by atoms with Crippen LogP contribution in [0.4, 0.5) is 0 Å². The number of halogens is 1. The highest BCUT2D eigenvalue weighted by atomic mass is 35.5. The van der Waals surface area contributed by atoms with E-state index in [-0.39, 0.29) is 11.7 Å². The lowest BCUT2D eigenvalue weighted by molar-refractivity contribution is 0.102. The van der Waals surface area contributed by atoms with Crippen molar-refractivity contribution in [3.63, 3.8) is 0 Å². The highest BCUT2D eigenvalue weighted by Crippen LogP contribution is 2.41. The fraction of sp³-hybridized carbons (Fsp3) is 0.615. The maximum Gasteiger partial charge on any atom is 0.179 e. The summed E-state index contributed by atoms with van der Waals surface area (Å²) in [4.78, 5) is 11.7. The van der Waals surface area contributed by atoms with Crippen LogP contribution in [0.2, 0.25) is 0 Å². The van der Waals surface area contributed by atoms with Crippen LogP contribution in [0.5, 0.6) is 0 Å². The molecule has 1 aromatic rings. The molecule has 0 aromatic carbocycles. The van der Waals surface area contributed by atoms with E-state index in [1.165, 1.54) is 18.5 Å². The second-order valence-electron chi connectivity index (χ2n) is 4.79. The van der Waals surface area contributed by atoms with Crippen LogP contribution in [0, 0.1) is 19.8 Å². The van der Waals surface area contributed by atoms with Crippen molar-refractivity contribution >= 4 is 17.4 Å². The molecule has 0 spiro atoms. The summed E-state index contributed by atoms with van der Waals surface area (Å²) in [6.45, 7) is 6.33. The third-order valence-electron chi connectivity index (χ3n) is 3.62. The third kappa shape index (κ3) is 1.91. The Morgan fingerprint density at radius 2 is 2.19 bits per heavy atom. The number of carbonyl (C=O) groups is 1. The summed E-state index contributed by atoms with van der Waals surface area (Å²) in [5.41, 5.74) is 3.04. The first kappa shape index (κ1) is 11.7. The molecule has 1 aliphatic carbocycles. The minimum absolute atomic E-state index is 0.0315. The van der Waals surface area contributed by atoms with E-state index in [4.69, 9.17) is 11.6 Å². The number of aryl methyl sites for hydroxylation is 1. The summed E-state index contributed by atoms with van der Waals surface area (Å²) in [6, 6.07) is 2.48. The smallest absolute Gasteiger partial charge is 0.179 e. The molecule has 0 radical (unpaired) electrons. The normalized spacial score (nSPS) is 17.5. The fourth-order valence-electron chi connectivity index (χ4n) is 2.55. The molecule has 1 fully saturated rings. The first-order valence-corrected chi connectivity index (χ1v) is 6.37. The van der Waals surface area contributed by atoms with Gasteiger partial charge in [0.15, 0.2) is 5.78 Å². The van der Waals surface area contributed by atoms with Crippen LogP contribution in [-0.4, -0.2) is 16.2 Å². The van der Waals surface area contributed by atoms with Crippen molar-refractivity contribution < 1.29 is 4.79 Å². The Labute approximate surface area is 102 Å². The molecule has 3 heteroatoms. The summed E-state index contributed by atoms with van der Waals surface area (Å²) in [5, 5.41) is 0. The van der Waals surface area contributed by atoms with Crippen molar-refractivity contribution in [3.8, 4) is 0 Å². The fourth-order valence-corrected chi connectivity index (χ4v) is 2.69. The number of hydrogen-bond acceptors (Lipinski definition) is 1. The van der Waals surface area contributed by atoms with Crippen molar-refractivity contribution in [2.75, 3.05) is 5.88 Å². The number of aromatic nitrogens is 1. The first-order chi connectivity index (χ1) is 7.56. The summed E-state index contributed by atoms with van der Waals surface area (Å²) in [7, 11) is 0.